The van der Waals surface area contributed by atoms with E-state index >= 15 is 0 Å². The zero-order chi connectivity index (χ0) is 15.5. The highest BCUT2D eigenvalue weighted by Gasteiger charge is 2.21. The normalized spacial score (nSPS) is 13.4. The van der Waals surface area contributed by atoms with E-state index in [0.717, 1.165) is 12.2 Å². The fourth-order valence-corrected chi connectivity index (χ4v) is 4.10. The molecule has 1 heterocycles. The van der Waals surface area contributed by atoms with Gasteiger partial charge in [0.1, 0.15) is 4.90 Å². The number of fused-ring (bicyclic) bond motifs is 1. The molecule has 0 radical (unpaired) electrons. The van der Waals surface area contributed by atoms with E-state index in [1.165, 1.54) is 6.07 Å². The molecule has 5 nitrogen and oxygen atoms in total. The highest BCUT2D eigenvalue weighted by atomic mass is 32.2. The van der Waals surface area contributed by atoms with Gasteiger partial charge < -0.3 is 5.73 Å². The molecule has 114 valence electrons. The monoisotopic (exact) mass is 325 g/mol. The molecule has 1 atom stereocenters. The minimum Gasteiger partial charge on any atom is -0.398 e. The highest BCUT2D eigenvalue weighted by Crippen LogP contribution is 2.26. The number of anilines is 1. The number of nitrogen functional groups attached to an aromatic ring is 1. The molecule has 0 aliphatic rings. The average molecular weight is 325 g/mol. The molecule has 0 saturated heterocycles. The Morgan fingerprint density at radius 1 is 1.38 bits per heavy atom. The highest BCUT2D eigenvalue weighted by molar-refractivity contribution is 7.98. The third kappa shape index (κ3) is 3.66. The lowest BCUT2D eigenvalue weighted by Gasteiger charge is -2.15. The SMILES string of the molecule is CSCCC(C)NS(=O)(=O)c1ccc(N)c2cccnc12. The molecule has 0 saturated carbocycles. The molecular formula is C14H19N3O2S2. The van der Waals surface area contributed by atoms with Gasteiger partial charge in [-0.3, -0.25) is 4.98 Å². The van der Waals surface area contributed by atoms with Crippen molar-refractivity contribution in [1.29, 1.82) is 0 Å². The quantitative estimate of drug-likeness (QED) is 0.796. The van der Waals surface area contributed by atoms with Crippen LogP contribution in [0.15, 0.2) is 35.4 Å². The molecule has 3 N–H and O–H groups in total. The molecule has 2 aromatic rings. The molecule has 1 aromatic carbocycles. The number of sulfonamides is 1. The Labute approximate surface area is 129 Å². The summed E-state index contributed by atoms with van der Waals surface area (Å²) in [6.07, 6.45) is 4.34. The van der Waals surface area contributed by atoms with Crippen LogP contribution in [0, 0.1) is 0 Å². The number of nitrogens with one attached hydrogen (secondary N) is 1. The molecule has 7 heteroatoms. The fourth-order valence-electron chi connectivity index (χ4n) is 2.07. The van der Waals surface area contributed by atoms with Crippen LogP contribution < -0.4 is 10.5 Å². The molecule has 0 fully saturated rings. The first-order valence-electron chi connectivity index (χ1n) is 6.60. The minimum absolute atomic E-state index is 0.126. The largest absolute Gasteiger partial charge is 0.398 e. The van der Waals surface area contributed by atoms with Crippen molar-refractivity contribution in [2.24, 2.45) is 0 Å². The van der Waals surface area contributed by atoms with E-state index in [9.17, 15) is 8.42 Å². The third-order valence-corrected chi connectivity index (χ3v) is 5.43. The Bertz CT molecular complexity index is 732. The number of aromatic nitrogens is 1. The van der Waals surface area contributed by atoms with E-state index in [1.807, 2.05) is 13.2 Å². The average Bonchev–Trinajstić information content (AvgIpc) is 2.45. The van der Waals surface area contributed by atoms with Crippen LogP contribution in [0.2, 0.25) is 0 Å². The predicted octanol–water partition coefficient (Wildman–Crippen LogP) is 2.24. The topological polar surface area (TPSA) is 85.1 Å². The van der Waals surface area contributed by atoms with Crippen molar-refractivity contribution in [3.8, 4) is 0 Å². The number of pyridine rings is 1. The minimum atomic E-state index is -3.61. The molecular weight excluding hydrogens is 306 g/mol. The van der Waals surface area contributed by atoms with Gasteiger partial charge in [0.15, 0.2) is 0 Å². The van der Waals surface area contributed by atoms with Gasteiger partial charge in [0.25, 0.3) is 0 Å². The molecule has 0 aliphatic heterocycles. The van der Waals surface area contributed by atoms with Crippen molar-refractivity contribution in [2.45, 2.75) is 24.3 Å². The summed E-state index contributed by atoms with van der Waals surface area (Å²) in [5.74, 6) is 0.907. The van der Waals surface area contributed by atoms with Gasteiger partial charge in [-0.1, -0.05) is 0 Å². The second-order valence-corrected chi connectivity index (χ2v) is 7.52. The van der Waals surface area contributed by atoms with Crippen LogP contribution in [0.3, 0.4) is 0 Å². The van der Waals surface area contributed by atoms with Crippen LogP contribution in [-0.4, -0.2) is 31.5 Å². The zero-order valence-corrected chi connectivity index (χ0v) is 13.7. The number of hydrogen-bond acceptors (Lipinski definition) is 5. The summed E-state index contributed by atoms with van der Waals surface area (Å²) in [5.41, 5.74) is 6.80. The van der Waals surface area contributed by atoms with Crippen molar-refractivity contribution in [1.82, 2.24) is 9.71 Å². The lowest BCUT2D eigenvalue weighted by Crippen LogP contribution is -2.33. The number of rotatable bonds is 6. The van der Waals surface area contributed by atoms with E-state index in [-0.39, 0.29) is 10.9 Å². The number of nitrogens with zero attached hydrogens (tertiary/aromatic N) is 1. The third-order valence-electron chi connectivity index (χ3n) is 3.17. The van der Waals surface area contributed by atoms with E-state index < -0.39 is 10.0 Å². The van der Waals surface area contributed by atoms with Crippen LogP contribution in [0.5, 0.6) is 0 Å². The van der Waals surface area contributed by atoms with E-state index in [4.69, 9.17) is 5.73 Å². The fraction of sp³-hybridized carbons (Fsp3) is 0.357. The van der Waals surface area contributed by atoms with E-state index in [2.05, 4.69) is 9.71 Å². The maximum absolute atomic E-state index is 12.5. The first-order chi connectivity index (χ1) is 9.95. The maximum Gasteiger partial charge on any atom is 0.242 e. The van der Waals surface area contributed by atoms with Gasteiger partial charge >= 0.3 is 0 Å². The summed E-state index contributed by atoms with van der Waals surface area (Å²) in [7, 11) is -3.61. The Morgan fingerprint density at radius 2 is 2.14 bits per heavy atom. The Morgan fingerprint density at radius 3 is 2.86 bits per heavy atom. The second-order valence-electron chi connectivity index (χ2n) is 4.86. The molecule has 1 unspecified atom stereocenters. The van der Waals surface area contributed by atoms with Crippen molar-refractivity contribution in [2.75, 3.05) is 17.7 Å². The summed E-state index contributed by atoms with van der Waals surface area (Å²) in [6.45, 7) is 1.86. The Hall–Kier alpha value is -1.31. The first kappa shape index (κ1) is 16.1. The maximum atomic E-state index is 12.5. The van der Waals surface area contributed by atoms with Crippen molar-refractivity contribution in [3.05, 3.63) is 30.5 Å². The predicted molar refractivity (Wildman–Crippen MR) is 88.9 cm³/mol. The molecule has 0 amide bonds. The van der Waals surface area contributed by atoms with Crippen molar-refractivity contribution >= 4 is 38.4 Å². The summed E-state index contributed by atoms with van der Waals surface area (Å²) in [5, 5.41) is 0.650. The van der Waals surface area contributed by atoms with Gasteiger partial charge in [-0.25, -0.2) is 13.1 Å². The smallest absolute Gasteiger partial charge is 0.242 e. The second kappa shape index (κ2) is 6.64. The van der Waals surface area contributed by atoms with E-state index in [1.54, 1.807) is 36.2 Å². The van der Waals surface area contributed by atoms with Crippen LogP contribution in [0.4, 0.5) is 5.69 Å². The van der Waals surface area contributed by atoms with Crippen LogP contribution in [0.1, 0.15) is 13.3 Å². The number of nitrogens with two attached hydrogens (primary N) is 1. The van der Waals surface area contributed by atoms with Gasteiger partial charge in [0.05, 0.1) is 5.52 Å². The lowest BCUT2D eigenvalue weighted by atomic mass is 10.2. The van der Waals surface area contributed by atoms with Crippen molar-refractivity contribution in [3.63, 3.8) is 0 Å². The zero-order valence-electron chi connectivity index (χ0n) is 12.0. The molecule has 2 rings (SSSR count). The Kier molecular flexibility index (Phi) is 5.08. The van der Waals surface area contributed by atoms with Crippen molar-refractivity contribution < 1.29 is 8.42 Å². The Balaban J connectivity index is 2.39. The van der Waals surface area contributed by atoms with Gasteiger partial charge in [-0.05, 0) is 49.6 Å². The molecule has 0 aliphatic carbocycles. The molecule has 1 aromatic heterocycles. The number of benzene rings is 1. The van der Waals surface area contributed by atoms with Crippen LogP contribution >= 0.6 is 11.8 Å². The van der Waals surface area contributed by atoms with Gasteiger partial charge in [-0.15, -0.1) is 0 Å². The summed E-state index contributed by atoms with van der Waals surface area (Å²) >= 11 is 1.69. The van der Waals surface area contributed by atoms with Gasteiger partial charge in [0.2, 0.25) is 10.0 Å². The lowest BCUT2D eigenvalue weighted by molar-refractivity contribution is 0.558. The van der Waals surface area contributed by atoms with Crippen LogP contribution in [-0.2, 0) is 10.0 Å². The van der Waals surface area contributed by atoms with E-state index in [0.29, 0.717) is 16.6 Å². The standard InChI is InChI=1S/C14H19N3O2S2/c1-10(7-9-20-2)17-21(18,19)13-6-5-12(15)11-4-3-8-16-14(11)13/h3-6,8,10,17H,7,9,15H2,1-2H3. The molecule has 0 spiro atoms. The number of hydrogen-bond donors (Lipinski definition) is 2. The molecule has 21 heavy (non-hydrogen) atoms. The summed E-state index contributed by atoms with van der Waals surface area (Å²) < 4.78 is 27.8. The summed E-state index contributed by atoms with van der Waals surface area (Å²) in [6, 6.07) is 6.50. The molecule has 0 bridgehead atoms. The summed E-state index contributed by atoms with van der Waals surface area (Å²) in [4.78, 5) is 4.34. The van der Waals surface area contributed by atoms with Gasteiger partial charge in [0, 0.05) is 23.3 Å². The first-order valence-corrected chi connectivity index (χ1v) is 9.48. The number of thioether (sulfide) groups is 1. The van der Waals surface area contributed by atoms with Crippen LogP contribution in [0.25, 0.3) is 10.9 Å². The van der Waals surface area contributed by atoms with Gasteiger partial charge in [-0.2, -0.15) is 11.8 Å².